The summed E-state index contributed by atoms with van der Waals surface area (Å²) in [6.45, 7) is 13.1. The third kappa shape index (κ3) is 4.06. The molecule has 1 rings (SSSR count). The smallest absolute Gasteiger partial charge is 0.199 e. The summed E-state index contributed by atoms with van der Waals surface area (Å²) in [4.78, 5) is 4.32. The zero-order chi connectivity index (χ0) is 11.7. The fourth-order valence-corrected chi connectivity index (χ4v) is 1.27. The fraction of sp³-hybridized carbons (Fsp3) is 0.769. The minimum Gasteiger partial charge on any atom is -0.445 e. The Labute approximate surface area is 93.1 Å². The molecule has 0 atom stereocenters. The fourth-order valence-electron chi connectivity index (χ4n) is 1.27. The topological polar surface area (TPSA) is 26.0 Å². The van der Waals surface area contributed by atoms with Crippen LogP contribution in [0.2, 0.25) is 0 Å². The first-order valence-electron chi connectivity index (χ1n) is 5.64. The van der Waals surface area contributed by atoms with Gasteiger partial charge in [0.1, 0.15) is 5.76 Å². The Morgan fingerprint density at radius 2 is 1.73 bits per heavy atom. The molecule has 0 aliphatic heterocycles. The number of oxazole rings is 1. The van der Waals surface area contributed by atoms with Gasteiger partial charge in [-0.2, -0.15) is 0 Å². The van der Waals surface area contributed by atoms with Crippen molar-refractivity contribution in [2.45, 2.75) is 59.8 Å². The first-order valence-corrected chi connectivity index (χ1v) is 5.64. The van der Waals surface area contributed by atoms with Crippen molar-refractivity contribution in [1.82, 2.24) is 4.98 Å². The lowest BCUT2D eigenvalue weighted by molar-refractivity contribution is 0.335. The van der Waals surface area contributed by atoms with Crippen molar-refractivity contribution >= 4 is 0 Å². The van der Waals surface area contributed by atoms with Gasteiger partial charge in [-0.3, -0.25) is 0 Å². The Morgan fingerprint density at radius 3 is 2.13 bits per heavy atom. The molecule has 0 aromatic carbocycles. The lowest BCUT2D eigenvalue weighted by Gasteiger charge is -2.16. The Hall–Kier alpha value is -0.790. The SMILES string of the molecule is CC(C)(C)CCc1cnc(C(C)(C)C)o1. The molecule has 0 fully saturated rings. The van der Waals surface area contributed by atoms with Crippen molar-refractivity contribution in [2.75, 3.05) is 0 Å². The van der Waals surface area contributed by atoms with Crippen LogP contribution in [0.25, 0.3) is 0 Å². The highest BCUT2D eigenvalue weighted by Crippen LogP contribution is 2.25. The van der Waals surface area contributed by atoms with Crippen molar-refractivity contribution < 1.29 is 4.42 Å². The number of hydrogen-bond acceptors (Lipinski definition) is 2. The Balaban J connectivity index is 2.62. The standard InChI is InChI=1S/C13H23NO/c1-12(2,3)8-7-10-9-14-11(15-10)13(4,5)6/h9H,7-8H2,1-6H3. The Morgan fingerprint density at radius 1 is 1.13 bits per heavy atom. The van der Waals surface area contributed by atoms with Gasteiger partial charge in [-0.05, 0) is 11.8 Å². The zero-order valence-corrected chi connectivity index (χ0v) is 10.8. The largest absolute Gasteiger partial charge is 0.445 e. The summed E-state index contributed by atoms with van der Waals surface area (Å²) in [5.41, 5.74) is 0.370. The quantitative estimate of drug-likeness (QED) is 0.737. The van der Waals surface area contributed by atoms with E-state index < -0.39 is 0 Å². The molecule has 0 unspecified atom stereocenters. The van der Waals surface area contributed by atoms with E-state index in [4.69, 9.17) is 4.42 Å². The minimum atomic E-state index is 0.0139. The van der Waals surface area contributed by atoms with Crippen LogP contribution in [0.1, 0.15) is 59.6 Å². The van der Waals surface area contributed by atoms with Crippen LogP contribution in [0.4, 0.5) is 0 Å². The van der Waals surface area contributed by atoms with E-state index >= 15 is 0 Å². The maximum absolute atomic E-state index is 5.73. The molecule has 0 N–H and O–H groups in total. The molecule has 0 amide bonds. The molecule has 0 spiro atoms. The molecule has 1 heterocycles. The van der Waals surface area contributed by atoms with E-state index in [1.54, 1.807) is 0 Å². The van der Waals surface area contributed by atoms with E-state index in [1.807, 2.05) is 6.20 Å². The Bertz CT molecular complexity index is 312. The first-order chi connectivity index (χ1) is 6.68. The second kappa shape index (κ2) is 3.99. The summed E-state index contributed by atoms with van der Waals surface area (Å²) in [5.74, 6) is 1.85. The predicted octanol–water partition coefficient (Wildman–Crippen LogP) is 3.95. The van der Waals surface area contributed by atoms with Crippen LogP contribution < -0.4 is 0 Å². The molecule has 0 bridgehead atoms. The maximum Gasteiger partial charge on any atom is 0.199 e. The molecule has 0 aliphatic carbocycles. The van der Waals surface area contributed by atoms with Crippen molar-refractivity contribution in [2.24, 2.45) is 5.41 Å². The van der Waals surface area contributed by atoms with Crippen LogP contribution in [0.15, 0.2) is 10.6 Å². The third-order valence-corrected chi connectivity index (χ3v) is 2.32. The van der Waals surface area contributed by atoms with E-state index in [1.165, 1.54) is 0 Å². The van der Waals surface area contributed by atoms with Gasteiger partial charge in [0.15, 0.2) is 5.89 Å². The number of aromatic nitrogens is 1. The molecule has 2 heteroatoms. The molecule has 86 valence electrons. The Kier molecular flexibility index (Phi) is 3.27. The zero-order valence-electron chi connectivity index (χ0n) is 10.8. The average Bonchev–Trinajstić information content (AvgIpc) is 2.45. The highest BCUT2D eigenvalue weighted by Gasteiger charge is 2.20. The van der Waals surface area contributed by atoms with Gasteiger partial charge in [0.2, 0.25) is 0 Å². The number of aryl methyl sites for hydroxylation is 1. The number of hydrogen-bond donors (Lipinski definition) is 0. The third-order valence-electron chi connectivity index (χ3n) is 2.32. The van der Waals surface area contributed by atoms with Crippen molar-refractivity contribution in [3.05, 3.63) is 17.8 Å². The van der Waals surface area contributed by atoms with Crippen LogP contribution in [-0.2, 0) is 11.8 Å². The van der Waals surface area contributed by atoms with Crippen LogP contribution in [0.3, 0.4) is 0 Å². The van der Waals surface area contributed by atoms with E-state index in [-0.39, 0.29) is 5.41 Å². The van der Waals surface area contributed by atoms with Gasteiger partial charge in [-0.25, -0.2) is 4.98 Å². The average molecular weight is 209 g/mol. The monoisotopic (exact) mass is 209 g/mol. The van der Waals surface area contributed by atoms with Crippen LogP contribution in [-0.4, -0.2) is 4.98 Å². The normalized spacial score (nSPS) is 13.2. The molecule has 2 nitrogen and oxygen atoms in total. The van der Waals surface area contributed by atoms with Gasteiger partial charge in [-0.1, -0.05) is 41.5 Å². The van der Waals surface area contributed by atoms with Gasteiger partial charge in [0.25, 0.3) is 0 Å². The molecular weight excluding hydrogens is 186 g/mol. The molecule has 0 radical (unpaired) electrons. The summed E-state index contributed by atoms with van der Waals surface area (Å²) in [7, 11) is 0. The van der Waals surface area contributed by atoms with Crippen molar-refractivity contribution in [1.29, 1.82) is 0 Å². The second-order valence-corrected chi connectivity index (χ2v) is 6.44. The van der Waals surface area contributed by atoms with Crippen LogP contribution >= 0.6 is 0 Å². The van der Waals surface area contributed by atoms with E-state index in [2.05, 4.69) is 46.5 Å². The molecule has 0 saturated carbocycles. The highest BCUT2D eigenvalue weighted by atomic mass is 16.4. The van der Waals surface area contributed by atoms with Gasteiger partial charge in [0, 0.05) is 11.8 Å². The van der Waals surface area contributed by atoms with Gasteiger partial charge in [0.05, 0.1) is 6.20 Å². The lowest BCUT2D eigenvalue weighted by atomic mass is 9.90. The lowest BCUT2D eigenvalue weighted by Crippen LogP contribution is -2.11. The summed E-state index contributed by atoms with van der Waals surface area (Å²) in [6.07, 6.45) is 3.98. The minimum absolute atomic E-state index is 0.0139. The summed E-state index contributed by atoms with van der Waals surface area (Å²) < 4.78 is 5.73. The number of nitrogens with zero attached hydrogens (tertiary/aromatic N) is 1. The second-order valence-electron chi connectivity index (χ2n) is 6.44. The number of rotatable bonds is 2. The van der Waals surface area contributed by atoms with Crippen molar-refractivity contribution in [3.8, 4) is 0 Å². The molecule has 1 aromatic heterocycles. The maximum atomic E-state index is 5.73. The van der Waals surface area contributed by atoms with Crippen LogP contribution in [0, 0.1) is 5.41 Å². The molecule has 15 heavy (non-hydrogen) atoms. The summed E-state index contributed by atoms with van der Waals surface area (Å²) in [5, 5.41) is 0. The molecule has 0 saturated heterocycles. The van der Waals surface area contributed by atoms with Gasteiger partial charge < -0.3 is 4.42 Å². The molecule has 0 aliphatic rings. The van der Waals surface area contributed by atoms with Gasteiger partial charge in [-0.15, -0.1) is 0 Å². The summed E-state index contributed by atoms with van der Waals surface area (Å²) >= 11 is 0. The predicted molar refractivity (Wildman–Crippen MR) is 63.0 cm³/mol. The van der Waals surface area contributed by atoms with E-state index in [0.717, 1.165) is 24.5 Å². The summed E-state index contributed by atoms with van der Waals surface area (Å²) in [6, 6.07) is 0. The molecular formula is C13H23NO. The van der Waals surface area contributed by atoms with E-state index in [9.17, 15) is 0 Å². The van der Waals surface area contributed by atoms with Gasteiger partial charge >= 0.3 is 0 Å². The van der Waals surface area contributed by atoms with Crippen LogP contribution in [0.5, 0.6) is 0 Å². The molecule has 1 aromatic rings. The first kappa shape index (κ1) is 12.3. The highest BCUT2D eigenvalue weighted by molar-refractivity contribution is 5.02. The van der Waals surface area contributed by atoms with E-state index in [0.29, 0.717) is 5.41 Å². The van der Waals surface area contributed by atoms with Crippen molar-refractivity contribution in [3.63, 3.8) is 0 Å².